The van der Waals surface area contributed by atoms with Crippen LogP contribution in [0.15, 0.2) is 0 Å². The molecule has 0 aliphatic heterocycles. The van der Waals surface area contributed by atoms with Gasteiger partial charge in [-0.25, -0.2) is 0 Å². The van der Waals surface area contributed by atoms with Crippen LogP contribution in [-0.4, -0.2) is 21.2 Å². The third-order valence-corrected chi connectivity index (χ3v) is 3.76. The third kappa shape index (κ3) is 3.20. The van der Waals surface area contributed by atoms with Gasteiger partial charge in [-0.05, 0) is 13.3 Å². The minimum absolute atomic E-state index is 0.432. The molecular formula is C10H17BrClN3. The number of hydrogen-bond donors (Lipinski definition) is 1. The van der Waals surface area contributed by atoms with E-state index in [1.807, 2.05) is 11.7 Å². The SMILES string of the molecule is CCc1nn(C)c(CNC(C)CBr)c1Cl. The summed E-state index contributed by atoms with van der Waals surface area (Å²) in [6.45, 7) is 4.95. The summed E-state index contributed by atoms with van der Waals surface area (Å²) in [5.41, 5.74) is 2.03. The zero-order valence-corrected chi connectivity index (χ0v) is 11.7. The van der Waals surface area contributed by atoms with Gasteiger partial charge in [0, 0.05) is 25.0 Å². The van der Waals surface area contributed by atoms with E-state index in [9.17, 15) is 0 Å². The Morgan fingerprint density at radius 3 is 2.73 bits per heavy atom. The highest BCUT2D eigenvalue weighted by Gasteiger charge is 2.12. The third-order valence-electron chi connectivity index (χ3n) is 2.35. The molecule has 5 heteroatoms. The lowest BCUT2D eigenvalue weighted by atomic mass is 10.3. The lowest BCUT2D eigenvalue weighted by Gasteiger charge is -2.10. The molecule has 15 heavy (non-hydrogen) atoms. The summed E-state index contributed by atoms with van der Waals surface area (Å²) in [6, 6.07) is 0.432. The molecule has 3 nitrogen and oxygen atoms in total. The Labute approximate surface area is 104 Å². The Morgan fingerprint density at radius 2 is 2.27 bits per heavy atom. The number of aryl methyl sites for hydroxylation is 2. The van der Waals surface area contributed by atoms with E-state index in [-0.39, 0.29) is 0 Å². The molecule has 0 spiro atoms. The van der Waals surface area contributed by atoms with Crippen LogP contribution in [-0.2, 0) is 20.0 Å². The number of hydrogen-bond acceptors (Lipinski definition) is 2. The first-order chi connectivity index (χ1) is 7.10. The lowest BCUT2D eigenvalue weighted by Crippen LogP contribution is -2.27. The summed E-state index contributed by atoms with van der Waals surface area (Å²) in [5, 5.41) is 9.47. The first-order valence-corrected chi connectivity index (χ1v) is 6.59. The highest BCUT2D eigenvalue weighted by molar-refractivity contribution is 9.09. The molecule has 1 N–H and O–H groups in total. The van der Waals surface area contributed by atoms with E-state index in [1.54, 1.807) is 0 Å². The Morgan fingerprint density at radius 1 is 1.60 bits per heavy atom. The summed E-state index contributed by atoms with van der Waals surface area (Å²) >= 11 is 9.65. The molecule has 0 aliphatic carbocycles. The molecule has 0 fully saturated rings. The molecule has 1 aromatic rings. The molecule has 1 heterocycles. The van der Waals surface area contributed by atoms with Gasteiger partial charge in [-0.2, -0.15) is 5.10 Å². The molecule has 0 aromatic carbocycles. The number of nitrogens with zero attached hydrogens (tertiary/aromatic N) is 2. The molecule has 0 saturated carbocycles. The summed E-state index contributed by atoms with van der Waals surface area (Å²) in [4.78, 5) is 0. The van der Waals surface area contributed by atoms with Crippen LogP contribution in [0.4, 0.5) is 0 Å². The molecule has 1 unspecified atom stereocenters. The van der Waals surface area contributed by atoms with E-state index in [4.69, 9.17) is 11.6 Å². The van der Waals surface area contributed by atoms with Crippen molar-refractivity contribution >= 4 is 27.5 Å². The van der Waals surface area contributed by atoms with Crippen molar-refractivity contribution in [2.24, 2.45) is 7.05 Å². The highest BCUT2D eigenvalue weighted by Crippen LogP contribution is 2.20. The van der Waals surface area contributed by atoms with Crippen molar-refractivity contribution in [2.45, 2.75) is 32.9 Å². The topological polar surface area (TPSA) is 29.9 Å². The van der Waals surface area contributed by atoms with Gasteiger partial charge in [-0.15, -0.1) is 0 Å². The van der Waals surface area contributed by atoms with Crippen LogP contribution in [0, 0.1) is 0 Å². The average molecular weight is 295 g/mol. The van der Waals surface area contributed by atoms with Gasteiger partial charge in [0.1, 0.15) is 0 Å². The van der Waals surface area contributed by atoms with Crippen LogP contribution in [0.25, 0.3) is 0 Å². The lowest BCUT2D eigenvalue weighted by molar-refractivity contribution is 0.566. The minimum Gasteiger partial charge on any atom is -0.308 e. The predicted octanol–water partition coefficient (Wildman–Crippen LogP) is 2.51. The predicted molar refractivity (Wildman–Crippen MR) is 67.7 cm³/mol. The molecule has 1 atom stereocenters. The van der Waals surface area contributed by atoms with Crippen molar-refractivity contribution in [1.29, 1.82) is 0 Å². The summed E-state index contributed by atoms with van der Waals surface area (Å²) in [7, 11) is 1.93. The van der Waals surface area contributed by atoms with Gasteiger partial charge in [0.25, 0.3) is 0 Å². The molecule has 0 aliphatic rings. The van der Waals surface area contributed by atoms with Gasteiger partial charge >= 0.3 is 0 Å². The molecule has 0 radical (unpaired) electrons. The van der Waals surface area contributed by atoms with Gasteiger partial charge in [0.05, 0.1) is 16.4 Å². The van der Waals surface area contributed by atoms with Crippen LogP contribution in [0.3, 0.4) is 0 Å². The van der Waals surface area contributed by atoms with Gasteiger partial charge in [-0.3, -0.25) is 4.68 Å². The summed E-state index contributed by atoms with van der Waals surface area (Å²) < 4.78 is 1.86. The van der Waals surface area contributed by atoms with E-state index >= 15 is 0 Å². The highest BCUT2D eigenvalue weighted by atomic mass is 79.9. The van der Waals surface area contributed by atoms with Crippen molar-refractivity contribution in [3.8, 4) is 0 Å². The number of nitrogens with one attached hydrogen (secondary N) is 1. The van der Waals surface area contributed by atoms with Crippen LogP contribution in [0.2, 0.25) is 5.02 Å². The standard InChI is InChI=1S/C10H17BrClN3/c1-4-8-10(12)9(15(3)14-8)6-13-7(2)5-11/h7,13H,4-6H2,1-3H3. The fourth-order valence-electron chi connectivity index (χ4n) is 1.34. The van der Waals surface area contributed by atoms with Gasteiger partial charge in [0.2, 0.25) is 0 Å². The van der Waals surface area contributed by atoms with Crippen LogP contribution in [0.5, 0.6) is 0 Å². The molecule has 1 aromatic heterocycles. The van der Waals surface area contributed by atoms with E-state index in [2.05, 4.69) is 40.2 Å². The molecule has 0 bridgehead atoms. The van der Waals surface area contributed by atoms with E-state index in [1.165, 1.54) is 0 Å². The van der Waals surface area contributed by atoms with Crippen molar-refractivity contribution in [3.63, 3.8) is 0 Å². The number of rotatable bonds is 5. The quantitative estimate of drug-likeness (QED) is 0.846. The fraction of sp³-hybridized carbons (Fsp3) is 0.700. The van der Waals surface area contributed by atoms with Crippen LogP contribution in [0.1, 0.15) is 25.2 Å². The maximum Gasteiger partial charge on any atom is 0.0863 e. The maximum absolute atomic E-state index is 6.22. The zero-order chi connectivity index (χ0) is 11.4. The second kappa shape index (κ2) is 5.87. The molecule has 1 rings (SSSR count). The first-order valence-electron chi connectivity index (χ1n) is 5.09. The molecule has 0 amide bonds. The normalized spacial score (nSPS) is 13.1. The van der Waals surface area contributed by atoms with E-state index < -0.39 is 0 Å². The van der Waals surface area contributed by atoms with Gasteiger partial charge in [0.15, 0.2) is 0 Å². The minimum atomic E-state index is 0.432. The molecule has 0 saturated heterocycles. The summed E-state index contributed by atoms with van der Waals surface area (Å²) in [6.07, 6.45) is 0.876. The fourth-order valence-corrected chi connectivity index (χ4v) is 1.93. The Bertz CT molecular complexity index is 325. The van der Waals surface area contributed by atoms with Gasteiger partial charge < -0.3 is 5.32 Å². The monoisotopic (exact) mass is 293 g/mol. The van der Waals surface area contributed by atoms with Crippen molar-refractivity contribution in [2.75, 3.05) is 5.33 Å². The number of halogens is 2. The number of alkyl halides is 1. The van der Waals surface area contributed by atoms with Crippen molar-refractivity contribution < 1.29 is 0 Å². The second-order valence-corrected chi connectivity index (χ2v) is 4.65. The Kier molecular flexibility index (Phi) is 5.09. The average Bonchev–Trinajstić information content (AvgIpc) is 2.51. The zero-order valence-electron chi connectivity index (χ0n) is 9.35. The molecular weight excluding hydrogens is 277 g/mol. The maximum atomic E-state index is 6.22. The van der Waals surface area contributed by atoms with Crippen LogP contribution >= 0.6 is 27.5 Å². The Balaban J connectivity index is 2.72. The van der Waals surface area contributed by atoms with Crippen molar-refractivity contribution in [1.82, 2.24) is 15.1 Å². The van der Waals surface area contributed by atoms with E-state index in [0.717, 1.165) is 34.7 Å². The van der Waals surface area contributed by atoms with Crippen LogP contribution < -0.4 is 5.32 Å². The Hall–Kier alpha value is -0.0600. The summed E-state index contributed by atoms with van der Waals surface area (Å²) in [5.74, 6) is 0. The van der Waals surface area contributed by atoms with Crippen molar-refractivity contribution in [3.05, 3.63) is 16.4 Å². The first kappa shape index (κ1) is 13.0. The largest absolute Gasteiger partial charge is 0.308 e. The molecule has 86 valence electrons. The van der Waals surface area contributed by atoms with E-state index in [0.29, 0.717) is 6.04 Å². The van der Waals surface area contributed by atoms with Gasteiger partial charge in [-0.1, -0.05) is 34.5 Å². The smallest absolute Gasteiger partial charge is 0.0863 e. The second-order valence-electron chi connectivity index (χ2n) is 3.62. The number of aromatic nitrogens is 2.